The average molecular weight is 606 g/mol. The summed E-state index contributed by atoms with van der Waals surface area (Å²) in [6, 6.07) is 21.2. The first-order chi connectivity index (χ1) is 21.3. The molecule has 0 bridgehead atoms. The number of hydrogen-bond donors (Lipinski definition) is 1. The number of rotatable bonds is 7. The summed E-state index contributed by atoms with van der Waals surface area (Å²) >= 11 is 0. The van der Waals surface area contributed by atoms with Gasteiger partial charge in [-0.1, -0.05) is 104 Å². The molecule has 1 saturated heterocycles. The van der Waals surface area contributed by atoms with Crippen LogP contribution < -0.4 is 5.32 Å². The summed E-state index contributed by atoms with van der Waals surface area (Å²) in [5.41, 5.74) is 8.05. The molecule has 2 aromatic heterocycles. The highest BCUT2D eigenvalue weighted by Gasteiger charge is 2.23. The minimum Gasteiger partial charge on any atom is -0.376 e. The molecule has 0 spiro atoms. The van der Waals surface area contributed by atoms with Gasteiger partial charge in [-0.2, -0.15) is 5.26 Å². The summed E-state index contributed by atoms with van der Waals surface area (Å²) in [5.74, 6) is 1.62. The molecule has 0 aliphatic carbocycles. The molecule has 0 amide bonds. The fourth-order valence-corrected chi connectivity index (χ4v) is 5.21. The molecule has 5 rings (SSSR count). The predicted octanol–water partition coefficient (Wildman–Crippen LogP) is 9.90. The van der Waals surface area contributed by atoms with Gasteiger partial charge in [0.25, 0.3) is 0 Å². The predicted molar refractivity (Wildman–Crippen MR) is 187 cm³/mol. The van der Waals surface area contributed by atoms with Crippen molar-refractivity contribution < 1.29 is 6.16 Å². The second-order valence-electron chi connectivity index (χ2n) is 14.3. The monoisotopic (exact) mass is 605 g/mol. The third-order valence-electron chi connectivity index (χ3n) is 9.07. The van der Waals surface area contributed by atoms with E-state index in [0.29, 0.717) is 29.5 Å². The Bertz CT molecular complexity index is 1580. The van der Waals surface area contributed by atoms with Crippen LogP contribution in [-0.2, 0) is 4.74 Å². The van der Waals surface area contributed by atoms with Crippen LogP contribution >= 0.6 is 0 Å². The molecule has 1 aliphatic heterocycles. The fraction of sp³-hybridized carbons (Fsp3) is 0.436. The van der Waals surface area contributed by atoms with Crippen LogP contribution in [0, 0.1) is 22.2 Å². The van der Waals surface area contributed by atoms with E-state index in [9.17, 15) is 0 Å². The minimum atomic E-state index is 0. The molecule has 45 heavy (non-hydrogen) atoms. The van der Waals surface area contributed by atoms with Crippen molar-refractivity contribution in [3.63, 3.8) is 0 Å². The summed E-state index contributed by atoms with van der Waals surface area (Å²) in [4.78, 5) is 13.1. The van der Waals surface area contributed by atoms with Gasteiger partial charge in [-0.05, 0) is 63.8 Å². The highest BCUT2D eigenvalue weighted by molar-refractivity contribution is 5.65. The third-order valence-corrected chi connectivity index (χ3v) is 9.07. The van der Waals surface area contributed by atoms with Gasteiger partial charge in [-0.25, -0.2) is 9.97 Å². The van der Waals surface area contributed by atoms with Crippen LogP contribution in [0.2, 0.25) is 0 Å². The maximum atomic E-state index is 8.97. The summed E-state index contributed by atoms with van der Waals surface area (Å²) in [5, 5.41) is 12.2. The number of nitriles is 1. The van der Waals surface area contributed by atoms with Gasteiger partial charge in [0, 0.05) is 50.5 Å². The Morgan fingerprint density at radius 3 is 1.91 bits per heavy atom. The van der Waals surface area contributed by atoms with Gasteiger partial charge in [-0.3, -0.25) is 4.98 Å². The van der Waals surface area contributed by atoms with Crippen molar-refractivity contribution in [3.8, 4) is 28.3 Å². The van der Waals surface area contributed by atoms with Gasteiger partial charge in [-0.15, -0.1) is 0 Å². The molecule has 0 radical (unpaired) electrons. The number of aromatic nitrogens is 3. The molecular formula is C39H51N5O. The Morgan fingerprint density at radius 2 is 1.40 bits per heavy atom. The molecule has 3 atom stereocenters. The molecule has 6 heteroatoms. The molecule has 4 aromatic rings. The van der Waals surface area contributed by atoms with E-state index in [1.54, 1.807) is 6.20 Å². The fourth-order valence-electron chi connectivity index (χ4n) is 5.21. The highest BCUT2D eigenvalue weighted by Crippen LogP contribution is 2.37. The first-order valence-electron chi connectivity index (χ1n) is 16.1. The normalized spacial score (nSPS) is 16.2. The van der Waals surface area contributed by atoms with E-state index >= 15 is 0 Å². The number of pyridine rings is 1. The molecule has 2 aromatic carbocycles. The van der Waals surface area contributed by atoms with E-state index < -0.39 is 0 Å². The van der Waals surface area contributed by atoms with Gasteiger partial charge in [0.2, 0.25) is 5.95 Å². The van der Waals surface area contributed by atoms with Crippen LogP contribution in [0.3, 0.4) is 0 Å². The lowest BCUT2D eigenvalue weighted by molar-refractivity contribution is 0.120. The summed E-state index contributed by atoms with van der Waals surface area (Å²) in [7, 11) is 0. The quantitative estimate of drug-likeness (QED) is 0.226. The Hall–Kier alpha value is -4.08. The zero-order valence-corrected chi connectivity index (χ0v) is 28.3. The summed E-state index contributed by atoms with van der Waals surface area (Å²) < 4.78 is 5.61. The Kier molecular flexibility index (Phi) is 11.1. The van der Waals surface area contributed by atoms with Gasteiger partial charge in [0.05, 0.1) is 11.7 Å². The molecular weight excluding hydrogens is 554 g/mol. The first-order valence-corrected chi connectivity index (χ1v) is 16.1. The lowest BCUT2D eigenvalue weighted by atomic mass is 9.77. The van der Waals surface area contributed by atoms with Crippen LogP contribution in [0.15, 0.2) is 79.4 Å². The minimum absolute atomic E-state index is 0. The van der Waals surface area contributed by atoms with Crippen LogP contribution in [0.5, 0.6) is 0 Å². The van der Waals surface area contributed by atoms with Crippen LogP contribution in [0.1, 0.15) is 98.2 Å². The second-order valence-corrected chi connectivity index (χ2v) is 14.3. The first kappa shape index (κ1) is 33.8. The maximum absolute atomic E-state index is 8.97. The van der Waals surface area contributed by atoms with Crippen LogP contribution in [-0.4, -0.2) is 34.2 Å². The molecule has 1 N–H and O–H groups in total. The molecule has 1 unspecified atom stereocenters. The number of ether oxygens (including phenoxy) is 1. The molecule has 3 heterocycles. The topological polar surface area (TPSA) is 83.7 Å². The van der Waals surface area contributed by atoms with E-state index in [4.69, 9.17) is 10.00 Å². The van der Waals surface area contributed by atoms with Crippen molar-refractivity contribution in [2.45, 2.75) is 86.2 Å². The van der Waals surface area contributed by atoms with Crippen LogP contribution in [0.4, 0.5) is 5.95 Å². The van der Waals surface area contributed by atoms with E-state index in [1.165, 1.54) is 16.7 Å². The molecule has 238 valence electrons. The van der Waals surface area contributed by atoms with Crippen molar-refractivity contribution in [1.82, 2.24) is 15.0 Å². The largest absolute Gasteiger partial charge is 0.376 e. The molecule has 1 aliphatic rings. The number of anilines is 1. The Labute approximate surface area is 271 Å². The van der Waals surface area contributed by atoms with Gasteiger partial charge >= 0.3 is 0 Å². The van der Waals surface area contributed by atoms with Gasteiger partial charge in [0.1, 0.15) is 6.07 Å². The van der Waals surface area contributed by atoms with E-state index in [1.807, 2.05) is 24.7 Å². The van der Waals surface area contributed by atoms with Crippen molar-refractivity contribution in [2.24, 2.45) is 10.8 Å². The SMILES string of the molecule is C[C@@H](c1cccc(-c2cnc(NCC3CCCO3)nc2)c1)C(C)(C)C.C[C@@H](c1cccc(-c2cncc(C#N)c2)c1)C(C)(C)C.[HH]. The van der Waals surface area contributed by atoms with Crippen molar-refractivity contribution in [3.05, 3.63) is 96.1 Å². The summed E-state index contributed by atoms with van der Waals surface area (Å²) in [6.45, 7) is 19.8. The number of benzene rings is 2. The van der Waals surface area contributed by atoms with E-state index in [-0.39, 0.29) is 12.3 Å². The zero-order valence-electron chi connectivity index (χ0n) is 28.3. The standard InChI is InChI=1S/C21H29N3O.C18H20N2.H2/c1-15(21(2,3)4)16-7-5-8-17(11-16)18-12-22-20(23-13-18)24-14-19-9-6-10-25-19;1-13(18(2,3)4)15-6-5-7-16(9-15)17-8-14(10-19)11-20-12-17;/h5,7-8,11-13,15,19H,6,9-10,14H2,1-4H3,(H,22,23,24);5-9,11-13H,1-4H3;1H/t15-,19?;13-;/m00./s1. The zero-order chi connectivity index (χ0) is 32.6. The van der Waals surface area contributed by atoms with Crippen molar-refractivity contribution in [1.29, 1.82) is 5.26 Å². The number of nitrogens with one attached hydrogen (secondary N) is 1. The Balaban J connectivity index is 0.000000251. The van der Waals surface area contributed by atoms with Crippen molar-refractivity contribution in [2.75, 3.05) is 18.5 Å². The van der Waals surface area contributed by atoms with Crippen LogP contribution in [0.25, 0.3) is 22.3 Å². The lowest BCUT2D eigenvalue weighted by Crippen LogP contribution is -2.19. The molecule has 6 nitrogen and oxygen atoms in total. The van der Waals surface area contributed by atoms with Crippen molar-refractivity contribution >= 4 is 5.95 Å². The molecule has 1 fully saturated rings. The lowest BCUT2D eigenvalue weighted by Gasteiger charge is -2.28. The summed E-state index contributed by atoms with van der Waals surface area (Å²) in [6.07, 6.45) is 9.74. The molecule has 0 saturated carbocycles. The number of nitrogens with zero attached hydrogens (tertiary/aromatic N) is 4. The van der Waals surface area contributed by atoms with E-state index in [0.717, 1.165) is 42.7 Å². The Morgan fingerprint density at radius 1 is 0.822 bits per heavy atom. The highest BCUT2D eigenvalue weighted by atomic mass is 16.5. The average Bonchev–Trinajstić information content (AvgIpc) is 3.57. The number of hydrogen-bond acceptors (Lipinski definition) is 6. The third kappa shape index (κ3) is 9.45. The van der Waals surface area contributed by atoms with E-state index in [2.05, 4.69) is 130 Å². The smallest absolute Gasteiger partial charge is 0.222 e. The maximum Gasteiger partial charge on any atom is 0.222 e. The second kappa shape index (κ2) is 14.8. The van der Waals surface area contributed by atoms with Gasteiger partial charge < -0.3 is 10.1 Å². The van der Waals surface area contributed by atoms with Gasteiger partial charge in [0.15, 0.2) is 0 Å².